The van der Waals surface area contributed by atoms with Gasteiger partial charge in [0.2, 0.25) is 5.91 Å². The predicted molar refractivity (Wildman–Crippen MR) is 95.3 cm³/mol. The molecule has 1 N–H and O–H groups in total. The molecule has 2 aliphatic carbocycles. The molecular formula is C18H31ClN2O3. The minimum absolute atomic E-state index is 0. The molecule has 1 heterocycles. The van der Waals surface area contributed by atoms with E-state index in [2.05, 4.69) is 11.8 Å². The number of carbonyl (C=O) groups excluding carboxylic acids is 1. The average Bonchev–Trinajstić information content (AvgIpc) is 3.05. The Morgan fingerprint density at radius 1 is 1.21 bits per heavy atom. The highest BCUT2D eigenvalue weighted by atomic mass is 35.5. The fourth-order valence-corrected chi connectivity index (χ4v) is 5.00. The van der Waals surface area contributed by atoms with E-state index < -0.39 is 11.4 Å². The van der Waals surface area contributed by atoms with Gasteiger partial charge in [-0.2, -0.15) is 0 Å². The number of nitrogens with zero attached hydrogens (tertiary/aromatic N) is 2. The molecule has 3 fully saturated rings. The zero-order valence-corrected chi connectivity index (χ0v) is 15.7. The fraction of sp³-hybridized carbons (Fsp3) is 0.889. The van der Waals surface area contributed by atoms with Crippen molar-refractivity contribution in [2.75, 3.05) is 26.7 Å². The van der Waals surface area contributed by atoms with E-state index in [9.17, 15) is 14.7 Å². The van der Waals surface area contributed by atoms with E-state index in [0.717, 1.165) is 44.6 Å². The summed E-state index contributed by atoms with van der Waals surface area (Å²) < 4.78 is 0. The number of carboxylic acid groups (broad SMARTS) is 1. The van der Waals surface area contributed by atoms with E-state index in [1.54, 1.807) is 0 Å². The molecule has 1 amide bonds. The molecule has 1 aliphatic heterocycles. The van der Waals surface area contributed by atoms with Crippen LogP contribution >= 0.6 is 12.4 Å². The number of amides is 1. The van der Waals surface area contributed by atoms with Gasteiger partial charge in [-0.3, -0.25) is 14.5 Å². The summed E-state index contributed by atoms with van der Waals surface area (Å²) in [5.41, 5.74) is -0.584. The molecule has 2 atom stereocenters. The number of hydrogen-bond acceptors (Lipinski definition) is 3. The summed E-state index contributed by atoms with van der Waals surface area (Å²) >= 11 is 0. The third kappa shape index (κ3) is 3.57. The molecule has 3 rings (SSSR count). The van der Waals surface area contributed by atoms with Crippen molar-refractivity contribution in [3.05, 3.63) is 0 Å². The molecule has 5 nitrogen and oxygen atoms in total. The second-order valence-corrected chi connectivity index (χ2v) is 8.14. The standard InChI is InChI=1S/C18H30N2O3.ClH/c1-13-5-7-15(8-6-13)19(2)16(21)11-20-10-14-4-3-9-18(14,12-20)17(22)23;/h13-15H,3-12H2,1-2H3,(H,22,23);1H/t13?,14-,15?,18+;/m0./s1. The molecule has 0 aromatic carbocycles. The molecule has 6 heteroatoms. The van der Waals surface area contributed by atoms with Gasteiger partial charge in [0, 0.05) is 26.2 Å². The Morgan fingerprint density at radius 2 is 1.88 bits per heavy atom. The summed E-state index contributed by atoms with van der Waals surface area (Å²) in [5, 5.41) is 9.64. The van der Waals surface area contributed by atoms with Crippen LogP contribution in [0.25, 0.3) is 0 Å². The van der Waals surface area contributed by atoms with Gasteiger partial charge in [-0.1, -0.05) is 13.3 Å². The summed E-state index contributed by atoms with van der Waals surface area (Å²) in [6.45, 7) is 3.99. The van der Waals surface area contributed by atoms with Crippen LogP contribution in [-0.4, -0.2) is 59.5 Å². The van der Waals surface area contributed by atoms with Gasteiger partial charge in [0.15, 0.2) is 0 Å². The van der Waals surface area contributed by atoms with Crippen molar-refractivity contribution < 1.29 is 14.7 Å². The van der Waals surface area contributed by atoms with Crippen molar-refractivity contribution in [1.29, 1.82) is 0 Å². The van der Waals surface area contributed by atoms with Gasteiger partial charge in [0.25, 0.3) is 0 Å². The molecule has 0 bridgehead atoms. The van der Waals surface area contributed by atoms with Gasteiger partial charge < -0.3 is 10.0 Å². The largest absolute Gasteiger partial charge is 0.481 e. The van der Waals surface area contributed by atoms with E-state index in [1.807, 2.05) is 11.9 Å². The van der Waals surface area contributed by atoms with Crippen LogP contribution in [0.2, 0.25) is 0 Å². The van der Waals surface area contributed by atoms with Gasteiger partial charge >= 0.3 is 5.97 Å². The normalized spacial score (nSPS) is 36.0. The average molecular weight is 359 g/mol. The zero-order valence-electron chi connectivity index (χ0n) is 14.9. The topological polar surface area (TPSA) is 60.9 Å². The maximum atomic E-state index is 12.6. The molecule has 0 aromatic rings. The number of likely N-dealkylation sites (tertiary alicyclic amines) is 1. The highest BCUT2D eigenvalue weighted by Crippen LogP contribution is 2.48. The zero-order chi connectivity index (χ0) is 16.6. The van der Waals surface area contributed by atoms with Crippen molar-refractivity contribution in [2.45, 2.75) is 57.9 Å². The lowest BCUT2D eigenvalue weighted by molar-refractivity contribution is -0.149. The molecule has 0 radical (unpaired) electrons. The van der Waals surface area contributed by atoms with Gasteiger partial charge in [-0.15, -0.1) is 12.4 Å². The molecule has 2 saturated carbocycles. The summed E-state index contributed by atoms with van der Waals surface area (Å²) in [6, 6.07) is 0.370. The summed E-state index contributed by atoms with van der Waals surface area (Å²) in [5.74, 6) is 0.506. The van der Waals surface area contributed by atoms with Gasteiger partial charge in [-0.25, -0.2) is 0 Å². The number of carbonyl (C=O) groups is 2. The smallest absolute Gasteiger partial charge is 0.311 e. The van der Waals surface area contributed by atoms with Crippen LogP contribution in [0, 0.1) is 17.3 Å². The Balaban J connectivity index is 0.00000208. The molecule has 3 aliphatic rings. The Morgan fingerprint density at radius 3 is 2.46 bits per heavy atom. The second kappa shape index (κ2) is 7.61. The molecule has 0 aromatic heterocycles. The minimum atomic E-state index is -0.662. The number of halogens is 1. The van der Waals surface area contributed by atoms with E-state index in [-0.39, 0.29) is 24.2 Å². The van der Waals surface area contributed by atoms with Crippen LogP contribution < -0.4 is 0 Å². The van der Waals surface area contributed by atoms with Gasteiger partial charge in [0.05, 0.1) is 12.0 Å². The Kier molecular flexibility index (Phi) is 6.19. The first-order valence-electron chi connectivity index (χ1n) is 9.14. The highest BCUT2D eigenvalue weighted by Gasteiger charge is 2.54. The third-order valence-corrected chi connectivity index (χ3v) is 6.65. The van der Waals surface area contributed by atoms with Crippen molar-refractivity contribution >= 4 is 24.3 Å². The lowest BCUT2D eigenvalue weighted by Crippen LogP contribution is -2.45. The number of likely N-dealkylation sites (N-methyl/N-ethyl adjacent to an activating group) is 1. The van der Waals surface area contributed by atoms with E-state index >= 15 is 0 Å². The monoisotopic (exact) mass is 358 g/mol. The van der Waals surface area contributed by atoms with Crippen molar-refractivity contribution in [3.63, 3.8) is 0 Å². The minimum Gasteiger partial charge on any atom is -0.481 e. The number of carboxylic acids is 1. The van der Waals surface area contributed by atoms with E-state index in [4.69, 9.17) is 0 Å². The summed E-state index contributed by atoms with van der Waals surface area (Å²) in [6.07, 6.45) is 7.39. The van der Waals surface area contributed by atoms with Crippen LogP contribution in [0.5, 0.6) is 0 Å². The number of rotatable bonds is 4. The number of hydrogen-bond donors (Lipinski definition) is 1. The fourth-order valence-electron chi connectivity index (χ4n) is 5.00. The Bertz CT molecular complexity index is 479. The maximum Gasteiger partial charge on any atom is 0.311 e. The van der Waals surface area contributed by atoms with Crippen molar-refractivity contribution in [2.24, 2.45) is 17.3 Å². The van der Waals surface area contributed by atoms with Crippen LogP contribution in [0.3, 0.4) is 0 Å². The molecular weight excluding hydrogens is 328 g/mol. The van der Waals surface area contributed by atoms with Crippen LogP contribution in [0.4, 0.5) is 0 Å². The third-order valence-electron chi connectivity index (χ3n) is 6.65. The van der Waals surface area contributed by atoms with Crippen LogP contribution in [0.15, 0.2) is 0 Å². The summed E-state index contributed by atoms with van der Waals surface area (Å²) in [4.78, 5) is 28.3. The maximum absolute atomic E-state index is 12.6. The molecule has 1 saturated heterocycles. The Labute approximate surface area is 151 Å². The van der Waals surface area contributed by atoms with Crippen LogP contribution in [0.1, 0.15) is 51.9 Å². The van der Waals surface area contributed by atoms with Crippen molar-refractivity contribution in [1.82, 2.24) is 9.80 Å². The number of aliphatic carboxylic acids is 1. The lowest BCUT2D eigenvalue weighted by atomic mass is 9.81. The lowest BCUT2D eigenvalue weighted by Gasteiger charge is -2.34. The molecule has 24 heavy (non-hydrogen) atoms. The first-order valence-corrected chi connectivity index (χ1v) is 9.14. The van der Waals surface area contributed by atoms with E-state index in [1.165, 1.54) is 12.8 Å². The van der Waals surface area contributed by atoms with Gasteiger partial charge in [-0.05, 0) is 50.4 Å². The number of fused-ring (bicyclic) bond motifs is 1. The summed E-state index contributed by atoms with van der Waals surface area (Å²) in [7, 11) is 1.92. The first kappa shape index (κ1) is 19.5. The second-order valence-electron chi connectivity index (χ2n) is 8.14. The molecule has 138 valence electrons. The highest BCUT2D eigenvalue weighted by molar-refractivity contribution is 5.85. The SMILES string of the molecule is CC1CCC(N(C)C(=O)CN2C[C@@H]3CCC[C@@]3(C(=O)O)C2)CC1.Cl. The van der Waals surface area contributed by atoms with Crippen LogP contribution in [-0.2, 0) is 9.59 Å². The quantitative estimate of drug-likeness (QED) is 0.839. The van der Waals surface area contributed by atoms with Crippen molar-refractivity contribution in [3.8, 4) is 0 Å². The molecule has 0 unspecified atom stereocenters. The predicted octanol–water partition coefficient (Wildman–Crippen LogP) is 2.63. The Hall–Kier alpha value is -0.810. The van der Waals surface area contributed by atoms with Gasteiger partial charge in [0.1, 0.15) is 0 Å². The van der Waals surface area contributed by atoms with E-state index in [0.29, 0.717) is 19.1 Å². The first-order chi connectivity index (χ1) is 10.9. The molecule has 0 spiro atoms.